The van der Waals surface area contributed by atoms with Crippen molar-refractivity contribution in [2.75, 3.05) is 11.9 Å². The first-order chi connectivity index (χ1) is 10.3. The number of nitrogens with zero attached hydrogens (tertiary/aromatic N) is 3. The van der Waals surface area contributed by atoms with Gasteiger partial charge in [-0.2, -0.15) is 0 Å². The minimum Gasteiger partial charge on any atom is -0.340 e. The molecule has 1 aromatic heterocycles. The molecule has 104 valence electrons. The van der Waals surface area contributed by atoms with Gasteiger partial charge in [-0.3, -0.25) is 0 Å². The Morgan fingerprint density at radius 2 is 1.33 bits per heavy atom. The molecule has 3 nitrogen and oxygen atoms in total. The fourth-order valence-electron chi connectivity index (χ4n) is 2.23. The smallest absolute Gasteiger partial charge is 0.225 e. The molecule has 0 saturated carbocycles. The first kappa shape index (κ1) is 13.3. The van der Waals surface area contributed by atoms with E-state index >= 15 is 0 Å². The van der Waals surface area contributed by atoms with Gasteiger partial charge in [-0.15, -0.1) is 0 Å². The SMILES string of the molecule is CN(Cc1ccccc1)c1ncc(-c2ccccc2)cn1. The molecule has 3 aromatic rings. The van der Waals surface area contributed by atoms with Crippen LogP contribution in [-0.2, 0) is 6.54 Å². The minimum atomic E-state index is 0.735. The zero-order chi connectivity index (χ0) is 14.5. The number of benzene rings is 2. The van der Waals surface area contributed by atoms with E-state index < -0.39 is 0 Å². The van der Waals surface area contributed by atoms with Gasteiger partial charge in [-0.05, 0) is 11.1 Å². The maximum absolute atomic E-state index is 4.47. The molecule has 0 fully saturated rings. The van der Waals surface area contributed by atoms with Crippen molar-refractivity contribution in [3.63, 3.8) is 0 Å². The summed E-state index contributed by atoms with van der Waals surface area (Å²) in [7, 11) is 2.00. The Morgan fingerprint density at radius 3 is 1.95 bits per heavy atom. The largest absolute Gasteiger partial charge is 0.340 e. The Hall–Kier alpha value is -2.68. The summed E-state index contributed by atoms with van der Waals surface area (Å²) in [5.74, 6) is 0.735. The van der Waals surface area contributed by atoms with Crippen LogP contribution in [0, 0.1) is 0 Å². The standard InChI is InChI=1S/C18H17N3/c1-21(14-15-8-4-2-5-9-15)18-19-12-17(13-20-18)16-10-6-3-7-11-16/h2-13H,14H2,1H3. The second kappa shape index (κ2) is 6.18. The van der Waals surface area contributed by atoms with Crippen LogP contribution in [0.15, 0.2) is 73.1 Å². The third-order valence-corrected chi connectivity index (χ3v) is 3.35. The van der Waals surface area contributed by atoms with Crippen molar-refractivity contribution < 1.29 is 0 Å². The van der Waals surface area contributed by atoms with Crippen molar-refractivity contribution in [3.8, 4) is 11.1 Å². The predicted octanol–water partition coefficient (Wildman–Crippen LogP) is 3.78. The zero-order valence-corrected chi connectivity index (χ0v) is 12.0. The Labute approximate surface area is 124 Å². The number of anilines is 1. The van der Waals surface area contributed by atoms with Crippen LogP contribution in [0.2, 0.25) is 0 Å². The Bertz CT molecular complexity index is 679. The summed E-state index contributed by atoms with van der Waals surface area (Å²) in [6, 6.07) is 20.5. The molecule has 21 heavy (non-hydrogen) atoms. The number of rotatable bonds is 4. The van der Waals surface area contributed by atoms with Crippen LogP contribution < -0.4 is 4.90 Å². The summed E-state index contributed by atoms with van der Waals surface area (Å²) in [5.41, 5.74) is 3.41. The molecule has 0 atom stereocenters. The molecule has 3 heteroatoms. The molecular weight excluding hydrogens is 258 g/mol. The highest BCUT2D eigenvalue weighted by molar-refractivity contribution is 5.61. The molecule has 3 rings (SSSR count). The molecule has 0 radical (unpaired) electrons. The van der Waals surface area contributed by atoms with E-state index in [2.05, 4.69) is 34.2 Å². The summed E-state index contributed by atoms with van der Waals surface area (Å²) in [6.45, 7) is 0.797. The van der Waals surface area contributed by atoms with Crippen molar-refractivity contribution in [3.05, 3.63) is 78.6 Å². The van der Waals surface area contributed by atoms with E-state index in [0.29, 0.717) is 0 Å². The van der Waals surface area contributed by atoms with Crippen LogP contribution in [0.3, 0.4) is 0 Å². The summed E-state index contributed by atoms with van der Waals surface area (Å²) >= 11 is 0. The highest BCUT2D eigenvalue weighted by Gasteiger charge is 2.05. The highest BCUT2D eigenvalue weighted by atomic mass is 15.2. The van der Waals surface area contributed by atoms with Gasteiger partial charge >= 0.3 is 0 Å². The van der Waals surface area contributed by atoms with E-state index in [-0.39, 0.29) is 0 Å². The van der Waals surface area contributed by atoms with Crippen LogP contribution in [0.1, 0.15) is 5.56 Å². The zero-order valence-electron chi connectivity index (χ0n) is 12.0. The lowest BCUT2D eigenvalue weighted by Crippen LogP contribution is -2.18. The van der Waals surface area contributed by atoms with Gasteiger partial charge in [-0.25, -0.2) is 9.97 Å². The quantitative estimate of drug-likeness (QED) is 0.725. The van der Waals surface area contributed by atoms with Crippen LogP contribution >= 0.6 is 0 Å². The molecule has 0 amide bonds. The minimum absolute atomic E-state index is 0.735. The maximum Gasteiger partial charge on any atom is 0.225 e. The summed E-state index contributed by atoms with van der Waals surface area (Å²) in [4.78, 5) is 11.0. The monoisotopic (exact) mass is 275 g/mol. The van der Waals surface area contributed by atoms with Crippen LogP contribution in [0.25, 0.3) is 11.1 Å². The van der Waals surface area contributed by atoms with E-state index in [1.165, 1.54) is 5.56 Å². The van der Waals surface area contributed by atoms with Crippen molar-refractivity contribution in [1.29, 1.82) is 0 Å². The topological polar surface area (TPSA) is 29.0 Å². The van der Waals surface area contributed by atoms with Gasteiger partial charge in [0.1, 0.15) is 0 Å². The van der Waals surface area contributed by atoms with E-state index in [9.17, 15) is 0 Å². The molecule has 0 unspecified atom stereocenters. The third-order valence-electron chi connectivity index (χ3n) is 3.35. The molecule has 1 heterocycles. The van der Waals surface area contributed by atoms with Crippen molar-refractivity contribution in [1.82, 2.24) is 9.97 Å². The van der Waals surface area contributed by atoms with E-state index in [1.54, 1.807) is 0 Å². The molecular formula is C18H17N3. The van der Waals surface area contributed by atoms with E-state index in [4.69, 9.17) is 0 Å². The van der Waals surface area contributed by atoms with Gasteiger partial charge in [-0.1, -0.05) is 60.7 Å². The van der Waals surface area contributed by atoms with E-state index in [1.807, 2.05) is 60.7 Å². The van der Waals surface area contributed by atoms with Gasteiger partial charge in [0, 0.05) is 31.5 Å². The first-order valence-electron chi connectivity index (χ1n) is 6.95. The molecule has 0 aliphatic carbocycles. The second-order valence-corrected chi connectivity index (χ2v) is 4.98. The number of hydrogen-bond acceptors (Lipinski definition) is 3. The molecule has 0 saturated heterocycles. The summed E-state index contributed by atoms with van der Waals surface area (Å²) in [5, 5.41) is 0. The molecule has 0 aliphatic rings. The maximum atomic E-state index is 4.47. The Kier molecular flexibility index (Phi) is 3.92. The Morgan fingerprint density at radius 1 is 0.762 bits per heavy atom. The average molecular weight is 275 g/mol. The fraction of sp³-hybridized carbons (Fsp3) is 0.111. The average Bonchev–Trinajstić information content (AvgIpc) is 2.57. The van der Waals surface area contributed by atoms with Crippen molar-refractivity contribution in [2.45, 2.75) is 6.54 Å². The van der Waals surface area contributed by atoms with Gasteiger partial charge in [0.25, 0.3) is 0 Å². The van der Waals surface area contributed by atoms with Crippen LogP contribution in [-0.4, -0.2) is 17.0 Å². The number of aromatic nitrogens is 2. The van der Waals surface area contributed by atoms with Gasteiger partial charge in [0.15, 0.2) is 0 Å². The van der Waals surface area contributed by atoms with Crippen LogP contribution in [0.5, 0.6) is 0 Å². The van der Waals surface area contributed by atoms with Crippen molar-refractivity contribution in [2.24, 2.45) is 0 Å². The Balaban J connectivity index is 1.75. The van der Waals surface area contributed by atoms with E-state index in [0.717, 1.165) is 23.6 Å². The lowest BCUT2D eigenvalue weighted by atomic mass is 10.1. The second-order valence-electron chi connectivity index (χ2n) is 4.98. The predicted molar refractivity (Wildman–Crippen MR) is 86.0 cm³/mol. The van der Waals surface area contributed by atoms with Gasteiger partial charge in [0.05, 0.1) is 0 Å². The number of hydrogen-bond donors (Lipinski definition) is 0. The lowest BCUT2D eigenvalue weighted by molar-refractivity contribution is 0.867. The normalized spacial score (nSPS) is 10.3. The fourth-order valence-corrected chi connectivity index (χ4v) is 2.23. The summed E-state index contributed by atoms with van der Waals surface area (Å²) in [6.07, 6.45) is 3.75. The molecule has 0 bridgehead atoms. The highest BCUT2D eigenvalue weighted by Crippen LogP contribution is 2.18. The van der Waals surface area contributed by atoms with Gasteiger partial charge < -0.3 is 4.90 Å². The molecule has 0 spiro atoms. The molecule has 0 N–H and O–H groups in total. The lowest BCUT2D eigenvalue weighted by Gasteiger charge is -2.17. The third kappa shape index (κ3) is 3.26. The van der Waals surface area contributed by atoms with Crippen molar-refractivity contribution >= 4 is 5.95 Å². The van der Waals surface area contributed by atoms with Gasteiger partial charge in [0.2, 0.25) is 5.95 Å². The molecule has 0 aliphatic heterocycles. The van der Waals surface area contributed by atoms with Crippen LogP contribution in [0.4, 0.5) is 5.95 Å². The molecule has 2 aromatic carbocycles. The first-order valence-corrected chi connectivity index (χ1v) is 6.95. The summed E-state index contributed by atoms with van der Waals surface area (Å²) < 4.78 is 0.